The van der Waals surface area contributed by atoms with Crippen LogP contribution in [0.1, 0.15) is 43.0 Å². The number of ether oxygens (including phenoxy) is 2. The molecule has 40 heavy (non-hydrogen) atoms. The minimum absolute atomic E-state index is 0.417. The van der Waals surface area contributed by atoms with Gasteiger partial charge in [0.25, 0.3) is 0 Å². The summed E-state index contributed by atoms with van der Waals surface area (Å²) in [5.41, 5.74) is 5.93. The molecule has 0 N–H and O–H groups in total. The molecule has 1 aromatic heterocycles. The number of benzene rings is 4. The van der Waals surface area contributed by atoms with Crippen molar-refractivity contribution < 1.29 is 27.2 Å². The summed E-state index contributed by atoms with van der Waals surface area (Å²) in [6, 6.07) is 23.7. The molecule has 0 amide bonds. The van der Waals surface area contributed by atoms with Crippen molar-refractivity contribution in [3.8, 4) is 22.6 Å². The van der Waals surface area contributed by atoms with Gasteiger partial charge >= 0.3 is 14.4 Å². The van der Waals surface area contributed by atoms with Crippen LogP contribution in [0, 0.1) is 27.7 Å². The highest BCUT2D eigenvalue weighted by atomic mass is 31.1. The Balaban J connectivity index is 1.69. The van der Waals surface area contributed by atoms with Crippen LogP contribution in [0.3, 0.4) is 0 Å². The summed E-state index contributed by atoms with van der Waals surface area (Å²) in [7, 11) is -1.87. The van der Waals surface area contributed by atoms with E-state index in [4.69, 9.17) is 22.4 Å². The molecule has 1 heterocycles. The Hall–Kier alpha value is -4.15. The average Bonchev–Trinajstić information content (AvgIpc) is 3.02. The van der Waals surface area contributed by atoms with Crippen LogP contribution in [0.4, 0.5) is 4.79 Å². The largest absolute Gasteiger partial charge is 0.514 e. The first-order valence-corrected chi connectivity index (χ1v) is 14.2. The van der Waals surface area contributed by atoms with E-state index < -0.39 is 20.0 Å². The van der Waals surface area contributed by atoms with Gasteiger partial charge in [0, 0.05) is 21.9 Å². The Morgan fingerprint density at radius 2 is 1.18 bits per heavy atom. The molecular weight excluding hydrogens is 523 g/mol. The highest BCUT2D eigenvalue weighted by Gasteiger charge is 2.24. The summed E-state index contributed by atoms with van der Waals surface area (Å²) in [5.74, 6) is 1.01. The first-order chi connectivity index (χ1) is 19.0. The van der Waals surface area contributed by atoms with Crippen molar-refractivity contribution in [2.45, 2.75) is 54.1 Å². The lowest BCUT2D eigenvalue weighted by molar-refractivity contribution is 0.0205. The smallest absolute Gasteiger partial charge is 0.428 e. The zero-order valence-corrected chi connectivity index (χ0v) is 24.7. The molecule has 0 spiro atoms. The first-order valence-electron chi connectivity index (χ1n) is 13.1. The predicted octanol–water partition coefficient (Wildman–Crippen LogP) is 10.3. The fraction of sp³-hybridized carbons (Fsp3) is 0.242. The van der Waals surface area contributed by atoms with Crippen molar-refractivity contribution in [3.05, 3.63) is 95.1 Å². The molecule has 0 atom stereocenters. The summed E-state index contributed by atoms with van der Waals surface area (Å²) < 4.78 is 30.5. The van der Waals surface area contributed by atoms with E-state index in [1.54, 1.807) is 20.8 Å². The lowest BCUT2D eigenvalue weighted by atomic mass is 9.95. The van der Waals surface area contributed by atoms with Gasteiger partial charge in [0.15, 0.2) is 0 Å². The van der Waals surface area contributed by atoms with Crippen molar-refractivity contribution in [2.24, 2.45) is 0 Å². The number of hydrogen-bond donors (Lipinski definition) is 0. The van der Waals surface area contributed by atoms with Crippen molar-refractivity contribution in [1.82, 2.24) is 0 Å². The third-order valence-corrected chi connectivity index (χ3v) is 7.30. The predicted molar refractivity (Wildman–Crippen MR) is 160 cm³/mol. The number of rotatable bonds is 4. The van der Waals surface area contributed by atoms with E-state index in [1.165, 1.54) is 0 Å². The van der Waals surface area contributed by atoms with Crippen molar-refractivity contribution in [2.75, 3.05) is 0 Å². The zero-order chi connectivity index (χ0) is 28.6. The lowest BCUT2D eigenvalue weighted by Gasteiger charge is -2.21. The van der Waals surface area contributed by atoms with Gasteiger partial charge in [0.1, 0.15) is 28.3 Å². The molecule has 5 aromatic rings. The summed E-state index contributed by atoms with van der Waals surface area (Å²) in [5, 5.41) is 1.88. The third kappa shape index (κ3) is 5.88. The number of carbonyl (C=O) groups is 1. The molecular formula is C33H33O6P. The molecule has 0 aliphatic carbocycles. The Bertz CT molecular complexity index is 1720. The van der Waals surface area contributed by atoms with Gasteiger partial charge in [-0.2, -0.15) is 0 Å². The Morgan fingerprint density at radius 3 is 1.70 bits per heavy atom. The second kappa shape index (κ2) is 10.8. The van der Waals surface area contributed by atoms with E-state index >= 15 is 0 Å². The molecule has 7 heteroatoms. The van der Waals surface area contributed by atoms with Gasteiger partial charge in [0.2, 0.25) is 0 Å². The molecule has 4 aromatic carbocycles. The maximum atomic E-state index is 12.7. The number of aryl methyl sites for hydroxylation is 4. The van der Waals surface area contributed by atoms with Crippen LogP contribution in [0.5, 0.6) is 11.5 Å². The molecule has 0 fully saturated rings. The van der Waals surface area contributed by atoms with E-state index in [0.29, 0.717) is 22.7 Å². The first kappa shape index (κ1) is 27.4. The normalized spacial score (nSPS) is 11.5. The molecule has 0 bridgehead atoms. The standard InChI is InChI=1S/C33H33O6P/c1-20-16-22(3)30(35-32(34)36-33(5,6)7)26(18-20)27-19-21(2)17-23(4)31(27)39-40-37-28-14-10-8-12-24(28)25-13-9-11-15-29(25)38-40/h8-19H,1-7H3. The van der Waals surface area contributed by atoms with Gasteiger partial charge in [-0.15, -0.1) is 0 Å². The molecule has 6 nitrogen and oxygen atoms in total. The Labute approximate surface area is 235 Å². The molecule has 0 radical (unpaired) electrons. The van der Waals surface area contributed by atoms with Crippen LogP contribution < -0.4 is 9.26 Å². The van der Waals surface area contributed by atoms with Crippen LogP contribution in [0.25, 0.3) is 33.1 Å². The minimum atomic E-state index is -1.87. The van der Waals surface area contributed by atoms with Crippen molar-refractivity contribution >= 4 is 36.3 Å². The third-order valence-electron chi connectivity index (χ3n) is 6.28. The van der Waals surface area contributed by atoms with Crippen LogP contribution in [-0.4, -0.2) is 11.8 Å². The summed E-state index contributed by atoms with van der Waals surface area (Å²) in [4.78, 5) is 12.7. The fourth-order valence-corrected chi connectivity index (χ4v) is 5.89. The Kier molecular flexibility index (Phi) is 7.39. The van der Waals surface area contributed by atoms with Crippen LogP contribution in [-0.2, 0) is 4.74 Å². The monoisotopic (exact) mass is 556 g/mol. The van der Waals surface area contributed by atoms with E-state index in [2.05, 4.69) is 0 Å². The molecule has 206 valence electrons. The second-order valence-electron chi connectivity index (χ2n) is 11.0. The highest BCUT2D eigenvalue weighted by Crippen LogP contribution is 2.46. The highest BCUT2D eigenvalue weighted by molar-refractivity contribution is 7.32. The molecule has 0 aliphatic heterocycles. The molecule has 5 rings (SSSR count). The number of para-hydroxylation sites is 2. The van der Waals surface area contributed by atoms with Gasteiger partial charge in [-0.3, -0.25) is 0 Å². The van der Waals surface area contributed by atoms with E-state index in [1.807, 2.05) is 100 Å². The molecule has 0 saturated heterocycles. The lowest BCUT2D eigenvalue weighted by Crippen LogP contribution is -2.26. The zero-order valence-electron chi connectivity index (χ0n) is 23.8. The average molecular weight is 557 g/mol. The molecule has 0 unspecified atom stereocenters. The van der Waals surface area contributed by atoms with Gasteiger partial charge in [-0.05, 0) is 95.0 Å². The van der Waals surface area contributed by atoms with Gasteiger partial charge in [-0.1, -0.05) is 48.5 Å². The SMILES string of the molecule is Cc1cc(C)c(OC(=O)OC(C)(C)C)c(-c2cc(C)cc(C)c2Op2oc3ccccc3c3ccccc3o2)c1. The van der Waals surface area contributed by atoms with Crippen LogP contribution in [0.2, 0.25) is 0 Å². The maximum absolute atomic E-state index is 12.7. The van der Waals surface area contributed by atoms with Gasteiger partial charge in [0.05, 0.1) is 0 Å². The summed E-state index contributed by atoms with van der Waals surface area (Å²) >= 11 is 0. The van der Waals surface area contributed by atoms with E-state index in [0.717, 1.165) is 44.2 Å². The van der Waals surface area contributed by atoms with Gasteiger partial charge < -0.3 is 22.4 Å². The Morgan fingerprint density at radius 1 is 0.700 bits per heavy atom. The van der Waals surface area contributed by atoms with E-state index in [-0.39, 0.29) is 0 Å². The van der Waals surface area contributed by atoms with Crippen molar-refractivity contribution in [1.29, 1.82) is 0 Å². The van der Waals surface area contributed by atoms with Crippen LogP contribution in [0.15, 0.2) is 81.2 Å². The topological polar surface area (TPSA) is 71.0 Å². The number of hydrogen-bond acceptors (Lipinski definition) is 6. The summed E-state index contributed by atoms with van der Waals surface area (Å²) in [6.45, 7) is 13.3. The van der Waals surface area contributed by atoms with E-state index in [9.17, 15) is 4.79 Å². The maximum Gasteiger partial charge on any atom is 0.514 e. The summed E-state index contributed by atoms with van der Waals surface area (Å²) in [6.07, 6.45) is -0.763. The van der Waals surface area contributed by atoms with Crippen molar-refractivity contribution in [3.63, 3.8) is 0 Å². The number of carbonyl (C=O) groups excluding carboxylic acids is 1. The van der Waals surface area contributed by atoms with Crippen LogP contribution >= 0.6 is 8.24 Å². The minimum Gasteiger partial charge on any atom is -0.428 e. The quantitative estimate of drug-likeness (QED) is 0.162. The molecule has 0 aliphatic rings. The fourth-order valence-electron chi connectivity index (χ4n) is 4.75. The number of fused-ring (bicyclic) bond motifs is 3. The van der Waals surface area contributed by atoms with Gasteiger partial charge in [-0.25, -0.2) is 4.79 Å². The second-order valence-corrected chi connectivity index (χ2v) is 12.0. The molecule has 0 saturated carbocycles.